The van der Waals surface area contributed by atoms with E-state index in [2.05, 4.69) is 15.3 Å². The number of hydrogen-bond donors (Lipinski definition) is 1. The van der Waals surface area contributed by atoms with E-state index in [-0.39, 0.29) is 12.1 Å². The molecule has 1 aromatic rings. The van der Waals surface area contributed by atoms with Crippen molar-refractivity contribution in [2.24, 2.45) is 0 Å². The fraction of sp³-hybridized carbons (Fsp3) is 0.667. The Morgan fingerprint density at radius 1 is 1.29 bits per heavy atom. The van der Waals surface area contributed by atoms with Gasteiger partial charge < -0.3 is 14.8 Å². The van der Waals surface area contributed by atoms with Gasteiger partial charge >= 0.3 is 0 Å². The average Bonchev–Trinajstić information content (AvgIpc) is 2.26. The molecular weight excluding hydrogens is 218 g/mol. The van der Waals surface area contributed by atoms with Gasteiger partial charge in [-0.15, -0.1) is 0 Å². The third-order valence-electron chi connectivity index (χ3n) is 1.96. The van der Waals surface area contributed by atoms with Crippen molar-refractivity contribution in [2.45, 2.75) is 39.8 Å². The summed E-state index contributed by atoms with van der Waals surface area (Å²) in [4.78, 5) is 8.18. The van der Waals surface area contributed by atoms with E-state index in [9.17, 15) is 0 Å². The number of anilines is 1. The summed E-state index contributed by atoms with van der Waals surface area (Å²) in [6.07, 6.45) is 1.60. The molecule has 0 aliphatic carbocycles. The standard InChI is InChI=1S/C12H21N3O2/c1-5-16-7-10(4)15-11-6-12(14-8-13-11)17-9(2)3/h6,8-10H,5,7H2,1-4H3,(H,13,14,15). The quantitative estimate of drug-likeness (QED) is 0.789. The molecule has 0 saturated carbocycles. The molecule has 0 aliphatic heterocycles. The van der Waals surface area contributed by atoms with Crippen LogP contribution >= 0.6 is 0 Å². The molecule has 0 saturated heterocycles. The van der Waals surface area contributed by atoms with Gasteiger partial charge in [0.15, 0.2) is 0 Å². The topological polar surface area (TPSA) is 56.3 Å². The molecule has 0 fully saturated rings. The average molecular weight is 239 g/mol. The van der Waals surface area contributed by atoms with E-state index in [1.54, 1.807) is 6.07 Å². The number of nitrogens with zero attached hydrogens (tertiary/aromatic N) is 2. The van der Waals surface area contributed by atoms with E-state index < -0.39 is 0 Å². The van der Waals surface area contributed by atoms with Crippen LogP contribution in [0.15, 0.2) is 12.4 Å². The molecule has 0 amide bonds. The number of hydrogen-bond acceptors (Lipinski definition) is 5. The van der Waals surface area contributed by atoms with Crippen molar-refractivity contribution in [3.63, 3.8) is 0 Å². The van der Waals surface area contributed by atoms with E-state index in [0.717, 1.165) is 12.4 Å². The second-order valence-corrected chi connectivity index (χ2v) is 4.11. The maximum Gasteiger partial charge on any atom is 0.218 e. The molecule has 0 bridgehead atoms. The van der Waals surface area contributed by atoms with Crippen LogP contribution in [-0.4, -0.2) is 35.3 Å². The van der Waals surface area contributed by atoms with Gasteiger partial charge in [-0.1, -0.05) is 0 Å². The normalized spacial score (nSPS) is 12.5. The summed E-state index contributed by atoms with van der Waals surface area (Å²) >= 11 is 0. The highest BCUT2D eigenvalue weighted by Gasteiger charge is 2.05. The molecule has 1 N–H and O–H groups in total. The summed E-state index contributed by atoms with van der Waals surface area (Å²) in [6.45, 7) is 9.32. The number of aromatic nitrogens is 2. The molecule has 1 heterocycles. The van der Waals surface area contributed by atoms with Crippen LogP contribution in [0.4, 0.5) is 5.82 Å². The summed E-state index contributed by atoms with van der Waals surface area (Å²) in [5, 5.41) is 3.23. The highest BCUT2D eigenvalue weighted by atomic mass is 16.5. The van der Waals surface area contributed by atoms with E-state index in [1.165, 1.54) is 6.33 Å². The van der Waals surface area contributed by atoms with Crippen LogP contribution in [0.5, 0.6) is 5.88 Å². The van der Waals surface area contributed by atoms with Gasteiger partial charge in [-0.05, 0) is 27.7 Å². The van der Waals surface area contributed by atoms with Crippen molar-refractivity contribution in [1.82, 2.24) is 9.97 Å². The number of nitrogens with one attached hydrogen (secondary N) is 1. The summed E-state index contributed by atoms with van der Waals surface area (Å²) < 4.78 is 10.8. The lowest BCUT2D eigenvalue weighted by atomic mass is 10.3. The molecule has 1 rings (SSSR count). The van der Waals surface area contributed by atoms with Gasteiger partial charge in [0.25, 0.3) is 0 Å². The molecule has 1 aromatic heterocycles. The molecule has 17 heavy (non-hydrogen) atoms. The van der Waals surface area contributed by atoms with E-state index in [0.29, 0.717) is 12.5 Å². The Balaban J connectivity index is 2.53. The summed E-state index contributed by atoms with van der Waals surface area (Å²) in [5.74, 6) is 1.34. The van der Waals surface area contributed by atoms with Crippen LogP contribution in [0.3, 0.4) is 0 Å². The third-order valence-corrected chi connectivity index (χ3v) is 1.96. The van der Waals surface area contributed by atoms with Crippen molar-refractivity contribution >= 4 is 5.82 Å². The van der Waals surface area contributed by atoms with Crippen LogP contribution in [0, 0.1) is 0 Å². The van der Waals surface area contributed by atoms with E-state index in [4.69, 9.17) is 9.47 Å². The van der Waals surface area contributed by atoms with Crippen LogP contribution < -0.4 is 10.1 Å². The van der Waals surface area contributed by atoms with Gasteiger partial charge in [0, 0.05) is 18.7 Å². The SMILES string of the molecule is CCOCC(C)Nc1cc(OC(C)C)ncn1. The highest BCUT2D eigenvalue weighted by Crippen LogP contribution is 2.13. The Kier molecular flexibility index (Phi) is 5.69. The second-order valence-electron chi connectivity index (χ2n) is 4.11. The molecule has 0 aliphatic rings. The largest absolute Gasteiger partial charge is 0.475 e. The molecule has 0 aromatic carbocycles. The molecule has 5 heteroatoms. The van der Waals surface area contributed by atoms with Crippen molar-refractivity contribution < 1.29 is 9.47 Å². The van der Waals surface area contributed by atoms with E-state index >= 15 is 0 Å². The Bertz CT molecular complexity index is 331. The Morgan fingerprint density at radius 2 is 2.06 bits per heavy atom. The van der Waals surface area contributed by atoms with Crippen molar-refractivity contribution in [1.29, 1.82) is 0 Å². The first-order valence-corrected chi connectivity index (χ1v) is 5.94. The van der Waals surface area contributed by atoms with Gasteiger partial charge in [-0.25, -0.2) is 9.97 Å². The summed E-state index contributed by atoms with van der Waals surface area (Å²) in [5.41, 5.74) is 0. The van der Waals surface area contributed by atoms with Crippen molar-refractivity contribution in [2.75, 3.05) is 18.5 Å². The first-order chi connectivity index (χ1) is 8.11. The zero-order valence-electron chi connectivity index (χ0n) is 10.9. The Labute approximate surface area is 103 Å². The Morgan fingerprint density at radius 3 is 2.71 bits per heavy atom. The van der Waals surface area contributed by atoms with Gasteiger partial charge in [0.2, 0.25) is 5.88 Å². The molecule has 1 unspecified atom stereocenters. The summed E-state index contributed by atoms with van der Waals surface area (Å²) in [6, 6.07) is 2.00. The van der Waals surface area contributed by atoms with E-state index in [1.807, 2.05) is 27.7 Å². The van der Waals surface area contributed by atoms with Gasteiger partial charge in [-0.3, -0.25) is 0 Å². The maximum atomic E-state index is 5.50. The van der Waals surface area contributed by atoms with Crippen LogP contribution in [-0.2, 0) is 4.74 Å². The third kappa shape index (κ3) is 5.49. The lowest BCUT2D eigenvalue weighted by molar-refractivity contribution is 0.141. The Hall–Kier alpha value is -1.36. The lowest BCUT2D eigenvalue weighted by Crippen LogP contribution is -2.22. The predicted octanol–water partition coefficient (Wildman–Crippen LogP) is 2.10. The minimum Gasteiger partial charge on any atom is -0.475 e. The summed E-state index contributed by atoms with van der Waals surface area (Å²) in [7, 11) is 0. The molecule has 96 valence electrons. The van der Waals surface area contributed by atoms with Crippen LogP contribution in [0.1, 0.15) is 27.7 Å². The number of ether oxygens (including phenoxy) is 2. The molecular formula is C12H21N3O2. The first kappa shape index (κ1) is 13.7. The zero-order chi connectivity index (χ0) is 12.7. The smallest absolute Gasteiger partial charge is 0.218 e. The van der Waals surface area contributed by atoms with Crippen LogP contribution in [0.25, 0.3) is 0 Å². The zero-order valence-corrected chi connectivity index (χ0v) is 10.9. The minimum absolute atomic E-state index is 0.110. The predicted molar refractivity (Wildman–Crippen MR) is 67.4 cm³/mol. The monoisotopic (exact) mass is 239 g/mol. The molecule has 5 nitrogen and oxygen atoms in total. The van der Waals surface area contributed by atoms with Gasteiger partial charge in [-0.2, -0.15) is 0 Å². The molecule has 0 radical (unpaired) electrons. The first-order valence-electron chi connectivity index (χ1n) is 5.94. The van der Waals surface area contributed by atoms with Crippen molar-refractivity contribution in [3.8, 4) is 5.88 Å². The fourth-order valence-electron chi connectivity index (χ4n) is 1.31. The molecule has 0 spiro atoms. The second kappa shape index (κ2) is 7.06. The van der Waals surface area contributed by atoms with Crippen molar-refractivity contribution in [3.05, 3.63) is 12.4 Å². The minimum atomic E-state index is 0.110. The fourth-order valence-corrected chi connectivity index (χ4v) is 1.31. The maximum absolute atomic E-state index is 5.50. The molecule has 1 atom stereocenters. The van der Waals surface area contributed by atoms with Gasteiger partial charge in [0.1, 0.15) is 12.1 Å². The van der Waals surface area contributed by atoms with Gasteiger partial charge in [0.05, 0.1) is 12.7 Å². The lowest BCUT2D eigenvalue weighted by Gasteiger charge is -2.15. The highest BCUT2D eigenvalue weighted by molar-refractivity contribution is 5.37. The van der Waals surface area contributed by atoms with Crippen LogP contribution in [0.2, 0.25) is 0 Å². The number of rotatable bonds is 7.